The molecule has 19 heavy (non-hydrogen) atoms. The number of aromatic nitrogens is 2. The molecule has 0 bridgehead atoms. The van der Waals surface area contributed by atoms with Crippen LogP contribution in [0.4, 0.5) is 0 Å². The van der Waals surface area contributed by atoms with Crippen molar-refractivity contribution in [1.29, 1.82) is 0 Å². The second-order valence-corrected chi connectivity index (χ2v) is 4.53. The van der Waals surface area contributed by atoms with Crippen LogP contribution in [0.3, 0.4) is 0 Å². The summed E-state index contributed by atoms with van der Waals surface area (Å²) in [7, 11) is 0. The normalized spacial score (nSPS) is 10.4. The second-order valence-electron chi connectivity index (χ2n) is 4.53. The smallest absolute Gasteiger partial charge is 0.159 e. The Morgan fingerprint density at radius 1 is 0.632 bits per heavy atom. The predicted molar refractivity (Wildman–Crippen MR) is 77.6 cm³/mol. The van der Waals surface area contributed by atoms with E-state index in [-0.39, 0.29) is 0 Å². The van der Waals surface area contributed by atoms with Crippen molar-refractivity contribution in [3.63, 3.8) is 0 Å². The molecule has 0 N–H and O–H groups in total. The van der Waals surface area contributed by atoms with Crippen molar-refractivity contribution in [2.75, 3.05) is 0 Å². The molecule has 1 aromatic heterocycles. The third-order valence-electron chi connectivity index (χ3n) is 3.07. The summed E-state index contributed by atoms with van der Waals surface area (Å²) in [6.45, 7) is 2.08. The van der Waals surface area contributed by atoms with Crippen LogP contribution in [0.5, 0.6) is 0 Å². The van der Waals surface area contributed by atoms with E-state index < -0.39 is 0 Å². The molecule has 0 amide bonds. The lowest BCUT2D eigenvalue weighted by atomic mass is 10.1. The van der Waals surface area contributed by atoms with Crippen LogP contribution < -0.4 is 0 Å². The Labute approximate surface area is 112 Å². The van der Waals surface area contributed by atoms with E-state index in [4.69, 9.17) is 0 Å². The van der Waals surface area contributed by atoms with Crippen molar-refractivity contribution in [3.05, 3.63) is 72.6 Å². The van der Waals surface area contributed by atoms with Gasteiger partial charge < -0.3 is 0 Å². The Bertz CT molecular complexity index is 656. The first kappa shape index (κ1) is 11.6. The summed E-state index contributed by atoms with van der Waals surface area (Å²) in [5.74, 6) is 0.761. The van der Waals surface area contributed by atoms with Gasteiger partial charge in [-0.25, -0.2) is 9.97 Å². The zero-order chi connectivity index (χ0) is 13.1. The van der Waals surface area contributed by atoms with Crippen LogP contribution in [0.2, 0.25) is 0 Å². The average Bonchev–Trinajstić information content (AvgIpc) is 2.49. The minimum absolute atomic E-state index is 0.761. The second kappa shape index (κ2) is 5.02. The monoisotopic (exact) mass is 246 g/mol. The summed E-state index contributed by atoms with van der Waals surface area (Å²) in [6.07, 6.45) is 3.75. The van der Waals surface area contributed by atoms with Gasteiger partial charge in [-0.1, -0.05) is 60.2 Å². The van der Waals surface area contributed by atoms with Crippen LogP contribution in [0.15, 0.2) is 67.0 Å². The Morgan fingerprint density at radius 2 is 1.26 bits per heavy atom. The first-order valence-electron chi connectivity index (χ1n) is 6.27. The Balaban J connectivity index is 1.93. The quantitative estimate of drug-likeness (QED) is 0.679. The molecular weight excluding hydrogens is 232 g/mol. The topological polar surface area (TPSA) is 25.8 Å². The van der Waals surface area contributed by atoms with E-state index in [2.05, 4.69) is 41.2 Å². The molecule has 1 heterocycles. The largest absolute Gasteiger partial charge is 0.236 e. The van der Waals surface area contributed by atoms with Gasteiger partial charge in [0.2, 0.25) is 0 Å². The molecule has 0 aliphatic heterocycles. The van der Waals surface area contributed by atoms with Gasteiger partial charge in [-0.05, 0) is 12.5 Å². The van der Waals surface area contributed by atoms with Crippen LogP contribution in [0, 0.1) is 6.92 Å². The minimum Gasteiger partial charge on any atom is -0.236 e. The molecule has 0 fully saturated rings. The van der Waals surface area contributed by atoms with Crippen molar-refractivity contribution in [3.8, 4) is 22.5 Å². The SMILES string of the molecule is Cc1ccc(-c2cnc(-c3ccccc3)nc2)cc1. The lowest BCUT2D eigenvalue weighted by molar-refractivity contribution is 1.18. The Kier molecular flexibility index (Phi) is 3.07. The Hall–Kier alpha value is -2.48. The summed E-state index contributed by atoms with van der Waals surface area (Å²) in [6, 6.07) is 18.4. The van der Waals surface area contributed by atoms with Crippen molar-refractivity contribution >= 4 is 0 Å². The molecule has 2 nitrogen and oxygen atoms in total. The van der Waals surface area contributed by atoms with E-state index in [1.54, 1.807) is 0 Å². The maximum Gasteiger partial charge on any atom is 0.159 e. The lowest BCUT2D eigenvalue weighted by Gasteiger charge is -2.03. The number of hydrogen-bond donors (Lipinski definition) is 0. The summed E-state index contributed by atoms with van der Waals surface area (Å²) in [5, 5.41) is 0. The van der Waals surface area contributed by atoms with Gasteiger partial charge in [0.1, 0.15) is 0 Å². The molecule has 0 atom stereocenters. The van der Waals surface area contributed by atoms with Gasteiger partial charge >= 0.3 is 0 Å². The molecule has 92 valence electrons. The van der Waals surface area contributed by atoms with Crippen molar-refractivity contribution in [2.24, 2.45) is 0 Å². The van der Waals surface area contributed by atoms with E-state index >= 15 is 0 Å². The molecule has 0 radical (unpaired) electrons. The number of aryl methyl sites for hydroxylation is 1. The first-order valence-corrected chi connectivity index (χ1v) is 6.27. The molecule has 3 rings (SSSR count). The number of nitrogens with zero attached hydrogens (tertiary/aromatic N) is 2. The van der Waals surface area contributed by atoms with Crippen LogP contribution in [-0.2, 0) is 0 Å². The number of rotatable bonds is 2. The highest BCUT2D eigenvalue weighted by molar-refractivity contribution is 5.63. The summed E-state index contributed by atoms with van der Waals surface area (Å²) < 4.78 is 0. The zero-order valence-electron chi connectivity index (χ0n) is 10.7. The highest BCUT2D eigenvalue weighted by Crippen LogP contribution is 2.20. The van der Waals surface area contributed by atoms with E-state index in [0.717, 1.165) is 22.5 Å². The van der Waals surface area contributed by atoms with Crippen molar-refractivity contribution in [2.45, 2.75) is 6.92 Å². The molecule has 2 aromatic carbocycles. The van der Waals surface area contributed by atoms with Gasteiger partial charge in [0.05, 0.1) is 0 Å². The molecule has 0 saturated heterocycles. The fourth-order valence-corrected chi connectivity index (χ4v) is 1.96. The molecule has 0 aliphatic carbocycles. The fraction of sp³-hybridized carbons (Fsp3) is 0.0588. The highest BCUT2D eigenvalue weighted by Gasteiger charge is 2.02. The molecule has 0 spiro atoms. The van der Waals surface area contributed by atoms with E-state index in [9.17, 15) is 0 Å². The molecular formula is C17H14N2. The maximum absolute atomic E-state index is 4.44. The predicted octanol–water partition coefficient (Wildman–Crippen LogP) is 4.12. The van der Waals surface area contributed by atoms with Crippen LogP contribution in [-0.4, -0.2) is 9.97 Å². The third kappa shape index (κ3) is 2.52. The standard InChI is InChI=1S/C17H14N2/c1-13-7-9-14(10-8-13)16-11-18-17(19-12-16)15-5-3-2-4-6-15/h2-12H,1H3. The van der Waals surface area contributed by atoms with Crippen LogP contribution in [0.1, 0.15) is 5.56 Å². The summed E-state index contributed by atoms with van der Waals surface area (Å²) in [4.78, 5) is 8.87. The summed E-state index contributed by atoms with van der Waals surface area (Å²) >= 11 is 0. The summed E-state index contributed by atoms with van der Waals surface area (Å²) in [5.41, 5.74) is 4.48. The molecule has 2 heteroatoms. The first-order chi connectivity index (χ1) is 9.33. The van der Waals surface area contributed by atoms with Gasteiger partial charge in [-0.3, -0.25) is 0 Å². The van der Waals surface area contributed by atoms with Crippen molar-refractivity contribution in [1.82, 2.24) is 9.97 Å². The van der Waals surface area contributed by atoms with Gasteiger partial charge in [-0.15, -0.1) is 0 Å². The van der Waals surface area contributed by atoms with Crippen molar-refractivity contribution < 1.29 is 0 Å². The molecule has 0 saturated carbocycles. The molecule has 0 unspecified atom stereocenters. The maximum atomic E-state index is 4.44. The zero-order valence-corrected chi connectivity index (χ0v) is 10.7. The van der Waals surface area contributed by atoms with Crippen LogP contribution >= 0.6 is 0 Å². The molecule has 3 aromatic rings. The van der Waals surface area contributed by atoms with Gasteiger partial charge in [0.15, 0.2) is 5.82 Å². The third-order valence-corrected chi connectivity index (χ3v) is 3.07. The van der Waals surface area contributed by atoms with Gasteiger partial charge in [-0.2, -0.15) is 0 Å². The fourth-order valence-electron chi connectivity index (χ4n) is 1.96. The molecule has 0 aliphatic rings. The Morgan fingerprint density at radius 3 is 1.89 bits per heavy atom. The number of hydrogen-bond acceptors (Lipinski definition) is 2. The van der Waals surface area contributed by atoms with E-state index in [1.807, 2.05) is 42.7 Å². The minimum atomic E-state index is 0.761. The average molecular weight is 246 g/mol. The van der Waals surface area contributed by atoms with E-state index in [0.29, 0.717) is 0 Å². The number of benzene rings is 2. The van der Waals surface area contributed by atoms with Crippen LogP contribution in [0.25, 0.3) is 22.5 Å². The lowest BCUT2D eigenvalue weighted by Crippen LogP contribution is -1.89. The van der Waals surface area contributed by atoms with Gasteiger partial charge in [0, 0.05) is 23.5 Å². The van der Waals surface area contributed by atoms with Gasteiger partial charge in [0.25, 0.3) is 0 Å². The van der Waals surface area contributed by atoms with E-state index in [1.165, 1.54) is 5.56 Å². The highest BCUT2D eigenvalue weighted by atomic mass is 14.9.